The molecule has 0 aliphatic heterocycles. The Morgan fingerprint density at radius 3 is 2.49 bits per heavy atom. The third-order valence-corrected chi connectivity index (χ3v) is 8.79. The molecule has 0 saturated carbocycles. The molecule has 2 aromatic carbocycles. The van der Waals surface area contributed by atoms with Gasteiger partial charge in [0.2, 0.25) is 28.1 Å². The SMILES string of the molecule is CCOC(=O)[C@@H](N)CSNC(=O)[C@@H](CCC(F)(F)F)N(Cc1ccc(-c2ncon2)cc1F)S(=O)(=O)c1ccc(Cl)cc1. The number of benzene rings is 2. The van der Waals surface area contributed by atoms with Gasteiger partial charge in [-0.3, -0.25) is 14.3 Å². The van der Waals surface area contributed by atoms with Crippen LogP contribution in [0.15, 0.2) is 58.3 Å². The maximum Gasteiger partial charge on any atom is 0.389 e. The number of hydrogen-bond donors (Lipinski definition) is 2. The summed E-state index contributed by atoms with van der Waals surface area (Å²) in [6.45, 7) is 0.779. The van der Waals surface area contributed by atoms with Crippen molar-refractivity contribution in [1.29, 1.82) is 0 Å². The number of esters is 1. The maximum absolute atomic E-state index is 15.2. The quantitative estimate of drug-likeness (QED) is 0.146. The van der Waals surface area contributed by atoms with Crippen LogP contribution in [0.2, 0.25) is 5.02 Å². The number of ether oxygens (including phenoxy) is 1. The molecule has 1 heterocycles. The molecule has 234 valence electrons. The van der Waals surface area contributed by atoms with Crippen LogP contribution in [0.25, 0.3) is 11.4 Å². The number of halogens is 5. The van der Waals surface area contributed by atoms with Crippen LogP contribution in [0.3, 0.4) is 0 Å². The van der Waals surface area contributed by atoms with Crippen LogP contribution in [-0.4, -0.2) is 65.4 Å². The zero-order valence-electron chi connectivity index (χ0n) is 22.4. The molecule has 3 N–H and O–H groups in total. The largest absolute Gasteiger partial charge is 0.465 e. The lowest BCUT2D eigenvalue weighted by Gasteiger charge is -2.30. The van der Waals surface area contributed by atoms with Gasteiger partial charge in [0.25, 0.3) is 0 Å². The smallest absolute Gasteiger partial charge is 0.389 e. The number of aromatic nitrogens is 2. The van der Waals surface area contributed by atoms with Gasteiger partial charge in [-0.15, -0.1) is 0 Å². The van der Waals surface area contributed by atoms with Crippen LogP contribution >= 0.6 is 23.5 Å². The second-order valence-corrected chi connectivity index (χ2v) is 12.0. The Bertz CT molecular complexity index is 1490. The van der Waals surface area contributed by atoms with Gasteiger partial charge in [0.1, 0.15) is 17.9 Å². The molecule has 0 bridgehead atoms. The van der Waals surface area contributed by atoms with Crippen molar-refractivity contribution in [2.24, 2.45) is 5.73 Å². The highest BCUT2D eigenvalue weighted by molar-refractivity contribution is 7.98. The highest BCUT2D eigenvalue weighted by Gasteiger charge is 2.39. The van der Waals surface area contributed by atoms with E-state index in [-0.39, 0.29) is 34.3 Å². The van der Waals surface area contributed by atoms with Gasteiger partial charge in [-0.2, -0.15) is 22.5 Å². The first-order valence-electron chi connectivity index (χ1n) is 12.5. The molecule has 1 aromatic heterocycles. The van der Waals surface area contributed by atoms with Crippen molar-refractivity contribution >= 4 is 45.4 Å². The van der Waals surface area contributed by atoms with E-state index in [2.05, 4.69) is 19.4 Å². The van der Waals surface area contributed by atoms with E-state index in [4.69, 9.17) is 22.1 Å². The van der Waals surface area contributed by atoms with Gasteiger partial charge in [0, 0.05) is 34.9 Å². The standard InChI is InChI=1S/C25H26ClF4N5O6S2/c1-2-40-24(37)20(31)13-42-34-23(36)21(9-10-25(28,29)30)35(43(38,39)18-7-5-17(26)6-8-18)12-16-4-3-15(11-19(16)27)22-32-14-41-33-22/h3-8,11,14,20-21H,2,9-10,12-13,31H2,1H3,(H,34,36)/t20-,21+/m0/s1. The summed E-state index contributed by atoms with van der Waals surface area (Å²) in [5, 5.41) is 3.77. The van der Waals surface area contributed by atoms with E-state index in [0.29, 0.717) is 16.3 Å². The zero-order chi connectivity index (χ0) is 31.8. The molecule has 0 radical (unpaired) electrons. The molecule has 18 heteroatoms. The number of nitrogens with one attached hydrogen (secondary N) is 1. The van der Waals surface area contributed by atoms with Gasteiger partial charge in [-0.05, 0) is 55.6 Å². The summed E-state index contributed by atoms with van der Waals surface area (Å²) in [5.41, 5.74) is 5.62. The van der Waals surface area contributed by atoms with Crippen molar-refractivity contribution in [2.45, 2.75) is 49.5 Å². The third-order valence-electron chi connectivity index (χ3n) is 5.80. The summed E-state index contributed by atoms with van der Waals surface area (Å²) in [4.78, 5) is 28.5. The maximum atomic E-state index is 15.2. The van der Waals surface area contributed by atoms with Gasteiger partial charge in [-0.25, -0.2) is 12.8 Å². The Balaban J connectivity index is 1.99. The predicted molar refractivity (Wildman–Crippen MR) is 148 cm³/mol. The summed E-state index contributed by atoms with van der Waals surface area (Å²) >= 11 is 6.46. The van der Waals surface area contributed by atoms with Crippen LogP contribution in [-0.2, 0) is 30.9 Å². The fourth-order valence-corrected chi connectivity index (χ4v) is 6.08. The number of carbonyl (C=O) groups is 2. The van der Waals surface area contributed by atoms with Gasteiger partial charge in [0.15, 0.2) is 0 Å². The number of carbonyl (C=O) groups excluding carboxylic acids is 2. The van der Waals surface area contributed by atoms with Gasteiger partial charge in [-0.1, -0.05) is 28.9 Å². The van der Waals surface area contributed by atoms with Crippen LogP contribution in [0.5, 0.6) is 0 Å². The van der Waals surface area contributed by atoms with Crippen molar-refractivity contribution in [2.75, 3.05) is 12.4 Å². The van der Waals surface area contributed by atoms with Gasteiger partial charge >= 0.3 is 12.1 Å². The number of hydrogen-bond acceptors (Lipinski definition) is 10. The summed E-state index contributed by atoms with van der Waals surface area (Å²) in [6, 6.07) is 5.08. The van der Waals surface area contributed by atoms with E-state index in [1.165, 1.54) is 24.3 Å². The topological polar surface area (TPSA) is 158 Å². The Labute approximate surface area is 253 Å². The highest BCUT2D eigenvalue weighted by atomic mass is 35.5. The van der Waals surface area contributed by atoms with E-state index in [0.717, 1.165) is 24.6 Å². The highest BCUT2D eigenvalue weighted by Crippen LogP contribution is 2.30. The van der Waals surface area contributed by atoms with E-state index in [1.54, 1.807) is 6.92 Å². The normalized spacial score (nSPS) is 13.5. The van der Waals surface area contributed by atoms with Crippen LogP contribution in [0.4, 0.5) is 17.6 Å². The minimum absolute atomic E-state index is 0.0385. The molecule has 0 spiro atoms. The van der Waals surface area contributed by atoms with E-state index in [9.17, 15) is 31.2 Å². The molecule has 0 fully saturated rings. The Hall–Kier alpha value is -3.25. The fraction of sp³-hybridized carbons (Fsp3) is 0.360. The Morgan fingerprint density at radius 1 is 1.21 bits per heavy atom. The first-order valence-corrected chi connectivity index (χ1v) is 15.3. The van der Waals surface area contributed by atoms with Crippen LogP contribution in [0, 0.1) is 5.82 Å². The molecular formula is C25H26ClF4N5O6S2. The lowest BCUT2D eigenvalue weighted by molar-refractivity contribution is -0.144. The van der Waals surface area contributed by atoms with E-state index in [1.807, 2.05) is 0 Å². The molecule has 3 aromatic rings. The number of rotatable bonds is 14. The van der Waals surface area contributed by atoms with Crippen molar-refractivity contribution < 1.29 is 44.8 Å². The van der Waals surface area contributed by atoms with Gasteiger partial charge < -0.3 is 15.0 Å². The second kappa shape index (κ2) is 15.0. The number of nitrogens with zero attached hydrogens (tertiary/aromatic N) is 3. The molecule has 43 heavy (non-hydrogen) atoms. The Morgan fingerprint density at radius 2 is 1.91 bits per heavy atom. The Kier molecular flexibility index (Phi) is 11.9. The lowest BCUT2D eigenvalue weighted by Crippen LogP contribution is -2.48. The molecule has 0 aliphatic rings. The van der Waals surface area contributed by atoms with E-state index < -0.39 is 70.3 Å². The number of nitrogens with two attached hydrogens (primary N) is 1. The molecule has 1 amide bonds. The van der Waals surface area contributed by atoms with Crippen molar-refractivity contribution in [3.8, 4) is 11.4 Å². The van der Waals surface area contributed by atoms with Crippen molar-refractivity contribution in [3.05, 3.63) is 65.3 Å². The molecule has 0 saturated heterocycles. The average molecular weight is 668 g/mol. The molecule has 0 aliphatic carbocycles. The van der Waals surface area contributed by atoms with Crippen molar-refractivity contribution in [3.63, 3.8) is 0 Å². The van der Waals surface area contributed by atoms with Gasteiger partial charge in [0.05, 0.1) is 11.5 Å². The molecule has 2 atom stereocenters. The number of sulfonamides is 1. The monoisotopic (exact) mass is 667 g/mol. The molecular weight excluding hydrogens is 642 g/mol. The summed E-state index contributed by atoms with van der Waals surface area (Å²) < 4.78 is 95.0. The minimum atomic E-state index is -4.76. The molecule has 3 rings (SSSR count). The third kappa shape index (κ3) is 9.62. The number of alkyl halides is 3. The summed E-state index contributed by atoms with van der Waals surface area (Å²) in [5.74, 6) is -3.05. The summed E-state index contributed by atoms with van der Waals surface area (Å²) in [7, 11) is -4.73. The fourth-order valence-electron chi connectivity index (χ4n) is 3.68. The molecule has 0 unspecified atom stereocenters. The predicted octanol–water partition coefficient (Wildman–Crippen LogP) is 4.09. The van der Waals surface area contributed by atoms with Crippen LogP contribution < -0.4 is 10.5 Å². The van der Waals surface area contributed by atoms with Crippen LogP contribution in [0.1, 0.15) is 25.3 Å². The second-order valence-electron chi connectivity index (χ2n) is 8.87. The average Bonchev–Trinajstić information content (AvgIpc) is 3.48. The first kappa shape index (κ1) is 34.2. The number of amides is 1. The molecule has 11 nitrogen and oxygen atoms in total. The summed E-state index contributed by atoms with van der Waals surface area (Å²) in [6.07, 6.45) is -6.28. The lowest BCUT2D eigenvalue weighted by atomic mass is 10.1. The first-order chi connectivity index (χ1) is 20.2. The minimum Gasteiger partial charge on any atom is -0.465 e. The van der Waals surface area contributed by atoms with Crippen molar-refractivity contribution in [1.82, 2.24) is 19.2 Å². The van der Waals surface area contributed by atoms with E-state index >= 15 is 4.39 Å². The zero-order valence-corrected chi connectivity index (χ0v) is 24.8.